The highest BCUT2D eigenvalue weighted by Crippen LogP contribution is 2.14. The Balaban J connectivity index is 2.59. The number of nitrogens with two attached hydrogens (primary N) is 1. The van der Waals surface area contributed by atoms with Crippen molar-refractivity contribution in [2.45, 2.75) is 6.61 Å². The molecule has 0 aliphatic carbocycles. The Bertz CT molecular complexity index is 366. The second-order valence-corrected chi connectivity index (χ2v) is 2.89. The van der Waals surface area contributed by atoms with Gasteiger partial charge in [0.2, 0.25) is 0 Å². The predicted molar refractivity (Wildman–Crippen MR) is 59.5 cm³/mol. The second-order valence-electron chi connectivity index (χ2n) is 2.89. The summed E-state index contributed by atoms with van der Waals surface area (Å²) < 4.78 is 10.4. The zero-order valence-corrected chi connectivity index (χ0v) is 8.40. The first-order valence-electron chi connectivity index (χ1n) is 4.50. The second kappa shape index (κ2) is 5.82. The van der Waals surface area contributed by atoms with Gasteiger partial charge in [-0.2, -0.15) is 0 Å². The molecule has 80 valence electrons. The molecule has 0 spiro atoms. The van der Waals surface area contributed by atoms with Crippen LogP contribution in [0.25, 0.3) is 5.70 Å². The van der Waals surface area contributed by atoms with Crippen LogP contribution in [-0.4, -0.2) is 12.8 Å². The molecular formula is C11H14N2O2. The van der Waals surface area contributed by atoms with Crippen molar-refractivity contribution in [3.8, 4) is 0 Å². The standard InChI is InChI=1S/C11H14N2O2/c1-2-5-14-8-10-6-9(7-15-10)11(13)3-4-12/h2-4,6-7,12H,1,5,8,13H2/b11-3-,12-4?. The van der Waals surface area contributed by atoms with Crippen molar-refractivity contribution in [2.75, 3.05) is 6.61 Å². The molecule has 0 saturated heterocycles. The minimum Gasteiger partial charge on any atom is -0.466 e. The third-order valence-corrected chi connectivity index (χ3v) is 1.73. The largest absolute Gasteiger partial charge is 0.466 e. The van der Waals surface area contributed by atoms with Crippen LogP contribution in [0.2, 0.25) is 0 Å². The molecule has 4 nitrogen and oxygen atoms in total. The summed E-state index contributed by atoms with van der Waals surface area (Å²) in [4.78, 5) is 0. The average Bonchev–Trinajstić information content (AvgIpc) is 2.67. The lowest BCUT2D eigenvalue weighted by Gasteiger charge is -1.95. The van der Waals surface area contributed by atoms with Crippen molar-refractivity contribution in [1.29, 1.82) is 5.41 Å². The molecule has 1 aromatic heterocycles. The molecule has 0 aliphatic heterocycles. The van der Waals surface area contributed by atoms with Crippen LogP contribution in [0.4, 0.5) is 0 Å². The van der Waals surface area contributed by atoms with E-state index in [1.54, 1.807) is 18.4 Å². The van der Waals surface area contributed by atoms with Gasteiger partial charge < -0.3 is 20.3 Å². The number of hydrogen-bond donors (Lipinski definition) is 2. The van der Waals surface area contributed by atoms with Gasteiger partial charge in [-0.25, -0.2) is 0 Å². The van der Waals surface area contributed by atoms with Gasteiger partial charge >= 0.3 is 0 Å². The van der Waals surface area contributed by atoms with Crippen molar-refractivity contribution in [2.24, 2.45) is 5.73 Å². The normalized spacial score (nSPS) is 11.3. The van der Waals surface area contributed by atoms with E-state index >= 15 is 0 Å². The lowest BCUT2D eigenvalue weighted by Crippen LogP contribution is -1.94. The van der Waals surface area contributed by atoms with Crippen LogP contribution < -0.4 is 5.73 Å². The molecule has 0 aliphatic rings. The summed E-state index contributed by atoms with van der Waals surface area (Å²) in [5, 5.41) is 6.88. The van der Waals surface area contributed by atoms with Crippen molar-refractivity contribution in [3.63, 3.8) is 0 Å². The number of ether oxygens (including phenoxy) is 1. The van der Waals surface area contributed by atoms with E-state index in [2.05, 4.69) is 6.58 Å². The van der Waals surface area contributed by atoms with Crippen molar-refractivity contribution in [3.05, 3.63) is 42.4 Å². The Labute approximate surface area is 88.5 Å². The molecule has 15 heavy (non-hydrogen) atoms. The maximum absolute atomic E-state index is 6.88. The Morgan fingerprint density at radius 1 is 1.67 bits per heavy atom. The van der Waals surface area contributed by atoms with Gasteiger partial charge in [-0.15, -0.1) is 6.58 Å². The first-order valence-corrected chi connectivity index (χ1v) is 4.50. The molecular weight excluding hydrogens is 192 g/mol. The first kappa shape index (κ1) is 11.3. The molecule has 0 amide bonds. The van der Waals surface area contributed by atoms with Crippen LogP contribution in [0.5, 0.6) is 0 Å². The molecule has 1 rings (SSSR count). The number of hydrogen-bond acceptors (Lipinski definition) is 4. The van der Waals surface area contributed by atoms with Gasteiger partial charge in [0.15, 0.2) is 0 Å². The molecule has 0 bridgehead atoms. The molecule has 3 N–H and O–H groups in total. The first-order chi connectivity index (χ1) is 7.27. The highest BCUT2D eigenvalue weighted by atomic mass is 16.5. The van der Waals surface area contributed by atoms with Gasteiger partial charge in [-0.3, -0.25) is 0 Å². The highest BCUT2D eigenvalue weighted by molar-refractivity contribution is 5.81. The number of furan rings is 1. The van der Waals surface area contributed by atoms with Gasteiger partial charge in [0, 0.05) is 17.5 Å². The summed E-state index contributed by atoms with van der Waals surface area (Å²) in [5.74, 6) is 0.702. The smallest absolute Gasteiger partial charge is 0.130 e. The SMILES string of the molecule is C=CCOCc1cc(/C(N)=C/C=N)co1. The lowest BCUT2D eigenvalue weighted by atomic mass is 10.2. The average molecular weight is 206 g/mol. The molecule has 1 heterocycles. The minimum absolute atomic E-state index is 0.393. The summed E-state index contributed by atoms with van der Waals surface area (Å²) in [5.41, 5.74) is 6.93. The van der Waals surface area contributed by atoms with Crippen LogP contribution in [0.15, 0.2) is 35.5 Å². The summed E-state index contributed by atoms with van der Waals surface area (Å²) >= 11 is 0. The Morgan fingerprint density at radius 3 is 3.13 bits per heavy atom. The van der Waals surface area contributed by atoms with Crippen LogP contribution in [0.3, 0.4) is 0 Å². The highest BCUT2D eigenvalue weighted by Gasteiger charge is 2.03. The quantitative estimate of drug-likeness (QED) is 0.424. The summed E-state index contributed by atoms with van der Waals surface area (Å²) in [6, 6.07) is 1.79. The zero-order chi connectivity index (χ0) is 11.1. The van der Waals surface area contributed by atoms with E-state index in [1.165, 1.54) is 6.08 Å². The van der Waals surface area contributed by atoms with Crippen LogP contribution in [0, 0.1) is 5.41 Å². The third-order valence-electron chi connectivity index (χ3n) is 1.73. The predicted octanol–water partition coefficient (Wildman–Crippen LogP) is 1.93. The molecule has 0 atom stereocenters. The zero-order valence-electron chi connectivity index (χ0n) is 8.40. The Hall–Kier alpha value is -1.81. The molecule has 0 unspecified atom stereocenters. The molecule has 0 fully saturated rings. The monoisotopic (exact) mass is 206 g/mol. The van der Waals surface area contributed by atoms with E-state index in [4.69, 9.17) is 20.3 Å². The number of rotatable bonds is 6. The van der Waals surface area contributed by atoms with E-state index in [-0.39, 0.29) is 0 Å². The summed E-state index contributed by atoms with van der Waals surface area (Å²) in [6.45, 7) is 4.42. The fourth-order valence-corrected chi connectivity index (χ4v) is 1.04. The molecule has 4 heteroatoms. The van der Waals surface area contributed by atoms with Gasteiger partial charge in [0.05, 0.1) is 6.61 Å². The van der Waals surface area contributed by atoms with Crippen LogP contribution in [-0.2, 0) is 11.3 Å². The van der Waals surface area contributed by atoms with Crippen molar-refractivity contribution >= 4 is 11.9 Å². The van der Waals surface area contributed by atoms with Gasteiger partial charge in [-0.1, -0.05) is 6.08 Å². The van der Waals surface area contributed by atoms with Crippen molar-refractivity contribution in [1.82, 2.24) is 0 Å². The van der Waals surface area contributed by atoms with Gasteiger partial charge in [0.1, 0.15) is 18.6 Å². The van der Waals surface area contributed by atoms with E-state index in [0.717, 1.165) is 11.8 Å². The fraction of sp³-hybridized carbons (Fsp3) is 0.182. The van der Waals surface area contributed by atoms with Crippen LogP contribution in [0.1, 0.15) is 11.3 Å². The van der Waals surface area contributed by atoms with Gasteiger partial charge in [-0.05, 0) is 12.1 Å². The molecule has 0 aromatic carbocycles. The summed E-state index contributed by atoms with van der Waals surface area (Å²) in [6.07, 6.45) is 5.85. The number of allylic oxidation sites excluding steroid dienone is 1. The van der Waals surface area contributed by atoms with E-state index in [0.29, 0.717) is 24.7 Å². The Morgan fingerprint density at radius 2 is 2.47 bits per heavy atom. The minimum atomic E-state index is 0.393. The van der Waals surface area contributed by atoms with Crippen molar-refractivity contribution < 1.29 is 9.15 Å². The Kier molecular flexibility index (Phi) is 4.37. The van der Waals surface area contributed by atoms with Gasteiger partial charge in [0.25, 0.3) is 0 Å². The van der Waals surface area contributed by atoms with E-state index in [1.807, 2.05) is 0 Å². The topological polar surface area (TPSA) is 72.2 Å². The van der Waals surface area contributed by atoms with E-state index in [9.17, 15) is 0 Å². The molecule has 1 aromatic rings. The van der Waals surface area contributed by atoms with Crippen LogP contribution >= 0.6 is 0 Å². The fourth-order valence-electron chi connectivity index (χ4n) is 1.04. The number of nitrogens with one attached hydrogen (secondary N) is 1. The maximum atomic E-state index is 6.88. The maximum Gasteiger partial charge on any atom is 0.130 e. The summed E-state index contributed by atoms with van der Waals surface area (Å²) in [7, 11) is 0. The molecule has 0 radical (unpaired) electrons. The lowest BCUT2D eigenvalue weighted by molar-refractivity contribution is 0.132. The molecule has 0 saturated carbocycles. The van der Waals surface area contributed by atoms with E-state index < -0.39 is 0 Å². The third kappa shape index (κ3) is 3.44.